The maximum absolute atomic E-state index is 12.0. The highest BCUT2D eigenvalue weighted by Gasteiger charge is 2.28. The lowest BCUT2D eigenvalue weighted by molar-refractivity contribution is 0.139. The fourth-order valence-electron chi connectivity index (χ4n) is 0.750. The molecule has 0 aromatic heterocycles. The summed E-state index contributed by atoms with van der Waals surface area (Å²) in [7, 11) is -3.36. The Bertz CT molecular complexity index is 231. The molecule has 0 aromatic carbocycles. The Labute approximate surface area is 95.7 Å². The second-order valence-corrected chi connectivity index (χ2v) is 6.02. The van der Waals surface area contributed by atoms with Crippen molar-refractivity contribution in [2.75, 3.05) is 0 Å². The van der Waals surface area contributed by atoms with Crippen LogP contribution in [0.5, 0.6) is 0 Å². The Balaban J connectivity index is 4.49. The number of nitrogens with one attached hydrogen (secondary N) is 1. The summed E-state index contributed by atoms with van der Waals surface area (Å²) in [5.41, 5.74) is 0. The predicted molar refractivity (Wildman–Crippen MR) is 64.8 cm³/mol. The van der Waals surface area contributed by atoms with E-state index in [9.17, 15) is 4.57 Å². The fraction of sp³-hybridized carbons (Fsp3) is 0.857. The quantitative estimate of drug-likeness (QED) is 0.450. The van der Waals surface area contributed by atoms with Gasteiger partial charge in [0.25, 0.3) is 0 Å². The highest BCUT2D eigenvalue weighted by Crippen LogP contribution is 2.46. The summed E-state index contributed by atoms with van der Waals surface area (Å²) in [6, 6.07) is 0. The largest absolute Gasteiger partial charge is 0.434 e. The third-order valence-electron chi connectivity index (χ3n) is 0.932. The predicted octanol–water partition coefficient (Wildman–Crippen LogP) is 2.75. The molecule has 0 rings (SSSR count). The first-order valence-electron chi connectivity index (χ1n) is 4.23. The summed E-state index contributed by atoms with van der Waals surface area (Å²) in [6.07, 6.45) is -0.426. The maximum atomic E-state index is 12.0. The summed E-state index contributed by atoms with van der Waals surface area (Å²) in [5.74, 6) is 0. The lowest BCUT2D eigenvalue weighted by Crippen LogP contribution is -2.21. The lowest BCUT2D eigenvalue weighted by atomic mass is 10.5. The van der Waals surface area contributed by atoms with E-state index in [1.54, 1.807) is 27.7 Å². The number of hydrogen-bond donors (Lipinski definition) is 2. The first kappa shape index (κ1) is 14.4. The normalized spacial score (nSPS) is 12.2. The molecule has 1 N–H and O–H groups in total. The Hall–Kier alpha value is 0.390. The van der Waals surface area contributed by atoms with Crippen LogP contribution in [0.2, 0.25) is 0 Å². The van der Waals surface area contributed by atoms with Crippen LogP contribution in [0.4, 0.5) is 0 Å². The van der Waals surface area contributed by atoms with Gasteiger partial charge < -0.3 is 0 Å². The van der Waals surface area contributed by atoms with Gasteiger partial charge in [0.1, 0.15) is 4.32 Å². The highest BCUT2D eigenvalue weighted by molar-refractivity contribution is 8.11. The average molecular weight is 257 g/mol. The molecular weight excluding hydrogens is 241 g/mol. The van der Waals surface area contributed by atoms with Gasteiger partial charge in [-0.25, -0.2) is 4.57 Å². The minimum Gasteiger partial charge on any atom is -0.290 e. The molecule has 0 bridgehead atoms. The van der Waals surface area contributed by atoms with E-state index in [1.807, 2.05) is 0 Å². The number of thiocarbonyl (C=S) groups is 1. The van der Waals surface area contributed by atoms with E-state index < -0.39 is 7.75 Å². The Kier molecular flexibility index (Phi) is 6.25. The summed E-state index contributed by atoms with van der Waals surface area (Å²) in [6.45, 7) is 7.05. The Morgan fingerprint density at radius 3 is 1.86 bits per heavy atom. The van der Waals surface area contributed by atoms with Gasteiger partial charge in [-0.05, 0) is 27.7 Å². The molecule has 0 spiro atoms. The lowest BCUT2D eigenvalue weighted by Gasteiger charge is -2.22. The summed E-state index contributed by atoms with van der Waals surface area (Å²) in [4.78, 5) is 0. The molecule has 0 amide bonds. The van der Waals surface area contributed by atoms with Crippen molar-refractivity contribution >= 4 is 36.9 Å². The molecule has 0 heterocycles. The molecule has 0 aliphatic carbocycles. The zero-order valence-corrected chi connectivity index (χ0v) is 11.3. The summed E-state index contributed by atoms with van der Waals surface area (Å²) < 4.78 is 22.3. The molecular formula is C7H16NO3PS2. The van der Waals surface area contributed by atoms with Crippen LogP contribution >= 0.6 is 32.6 Å². The van der Waals surface area contributed by atoms with Crippen molar-refractivity contribution in [3.05, 3.63) is 0 Å². The van der Waals surface area contributed by atoms with E-state index >= 15 is 0 Å². The zero-order valence-electron chi connectivity index (χ0n) is 8.68. The second kappa shape index (κ2) is 6.08. The minimum absolute atomic E-state index is 0.0923. The molecule has 14 heavy (non-hydrogen) atoms. The second-order valence-electron chi connectivity index (χ2n) is 3.22. The fourth-order valence-corrected chi connectivity index (χ4v) is 2.95. The van der Waals surface area contributed by atoms with Gasteiger partial charge in [-0.2, -0.15) is 0 Å². The van der Waals surface area contributed by atoms with Crippen LogP contribution in [-0.4, -0.2) is 16.5 Å². The first-order chi connectivity index (χ1) is 6.25. The van der Waals surface area contributed by atoms with Gasteiger partial charge in [-0.1, -0.05) is 12.2 Å². The van der Waals surface area contributed by atoms with E-state index in [0.717, 1.165) is 0 Å². The third-order valence-corrected chi connectivity index (χ3v) is 3.37. The monoisotopic (exact) mass is 257 g/mol. The van der Waals surface area contributed by atoms with E-state index in [-0.39, 0.29) is 16.5 Å². The van der Waals surface area contributed by atoms with Gasteiger partial charge in [-0.15, -0.1) is 12.6 Å². The van der Waals surface area contributed by atoms with Crippen molar-refractivity contribution in [1.29, 1.82) is 0 Å². The molecule has 0 aromatic rings. The Morgan fingerprint density at radius 2 is 1.64 bits per heavy atom. The highest BCUT2D eigenvalue weighted by atomic mass is 32.1. The first-order valence-corrected chi connectivity index (χ1v) is 6.63. The van der Waals surface area contributed by atoms with Gasteiger partial charge in [0.05, 0.1) is 12.2 Å². The molecule has 7 heteroatoms. The molecule has 84 valence electrons. The minimum atomic E-state index is -3.36. The van der Waals surface area contributed by atoms with Gasteiger partial charge in [0.15, 0.2) is 0 Å². The number of rotatable bonds is 5. The van der Waals surface area contributed by atoms with Crippen LogP contribution in [0.3, 0.4) is 0 Å². The molecule has 0 radical (unpaired) electrons. The topological polar surface area (TPSA) is 47.6 Å². The van der Waals surface area contributed by atoms with E-state index in [0.29, 0.717) is 0 Å². The van der Waals surface area contributed by atoms with Crippen LogP contribution in [0.1, 0.15) is 27.7 Å². The van der Waals surface area contributed by atoms with Crippen LogP contribution in [-0.2, 0) is 13.6 Å². The molecule has 0 saturated heterocycles. The van der Waals surface area contributed by atoms with Crippen molar-refractivity contribution in [2.45, 2.75) is 39.9 Å². The molecule has 0 unspecified atom stereocenters. The smallest absolute Gasteiger partial charge is 0.290 e. The molecule has 0 aliphatic heterocycles. The molecule has 0 atom stereocenters. The van der Waals surface area contributed by atoms with Crippen LogP contribution in [0, 0.1) is 0 Å². The van der Waals surface area contributed by atoms with E-state index in [2.05, 4.69) is 29.9 Å². The van der Waals surface area contributed by atoms with Gasteiger partial charge in [-0.3, -0.25) is 14.1 Å². The Morgan fingerprint density at radius 1 is 1.29 bits per heavy atom. The van der Waals surface area contributed by atoms with Gasteiger partial charge >= 0.3 is 7.75 Å². The van der Waals surface area contributed by atoms with Crippen molar-refractivity contribution in [1.82, 2.24) is 5.09 Å². The van der Waals surface area contributed by atoms with Crippen molar-refractivity contribution in [3.63, 3.8) is 0 Å². The van der Waals surface area contributed by atoms with Gasteiger partial charge in [0.2, 0.25) is 0 Å². The van der Waals surface area contributed by atoms with Crippen LogP contribution in [0.25, 0.3) is 0 Å². The van der Waals surface area contributed by atoms with E-state index in [1.165, 1.54) is 0 Å². The maximum Gasteiger partial charge on any atom is 0.434 e. The number of hydrogen-bond acceptors (Lipinski definition) is 4. The molecule has 0 fully saturated rings. The molecule has 4 nitrogen and oxygen atoms in total. The van der Waals surface area contributed by atoms with Crippen molar-refractivity contribution < 1.29 is 13.6 Å². The van der Waals surface area contributed by atoms with Crippen LogP contribution in [0.15, 0.2) is 0 Å². The van der Waals surface area contributed by atoms with Crippen LogP contribution < -0.4 is 5.09 Å². The van der Waals surface area contributed by atoms with Crippen molar-refractivity contribution in [2.24, 2.45) is 0 Å². The zero-order chi connectivity index (χ0) is 11.4. The summed E-state index contributed by atoms with van der Waals surface area (Å²) >= 11 is 8.49. The number of thiol groups is 1. The summed E-state index contributed by atoms with van der Waals surface area (Å²) in [5, 5.41) is 2.43. The average Bonchev–Trinajstić information content (AvgIpc) is 1.76. The van der Waals surface area contributed by atoms with E-state index in [4.69, 9.17) is 9.05 Å². The third kappa shape index (κ3) is 6.79. The molecule has 0 aliphatic rings. The SMILES string of the molecule is CC(C)OP(=O)(NC(=S)S)OC(C)C. The molecule has 0 saturated carbocycles. The van der Waals surface area contributed by atoms with Gasteiger partial charge in [0, 0.05) is 0 Å². The van der Waals surface area contributed by atoms with Crippen molar-refractivity contribution in [3.8, 4) is 0 Å². The standard InChI is InChI=1S/C7H16NO3PS2/c1-5(2)10-12(9,8-7(13)14)11-6(3)4/h5-6H,1-4H3,(H2,8,9,13,14).